The van der Waals surface area contributed by atoms with Crippen LogP contribution in [0.25, 0.3) is 0 Å². The van der Waals surface area contributed by atoms with Gasteiger partial charge in [-0.25, -0.2) is 4.79 Å². The van der Waals surface area contributed by atoms with Crippen LogP contribution in [0.4, 0.5) is 10.5 Å². The topological polar surface area (TPSA) is 93.9 Å². The number of carbonyl (C=O) groups excluding carboxylic acids is 2. The van der Waals surface area contributed by atoms with Crippen LogP contribution in [0.2, 0.25) is 0 Å². The molecule has 120 valence electrons. The minimum Gasteiger partial charge on any atom is -0.493 e. The summed E-state index contributed by atoms with van der Waals surface area (Å²) in [5.41, 5.74) is 5.93. The molecule has 0 radical (unpaired) electrons. The quantitative estimate of drug-likeness (QED) is 0.880. The number of urea groups is 1. The molecule has 1 aliphatic rings. The second-order valence-electron chi connectivity index (χ2n) is 5.19. The number of anilines is 1. The Kier molecular flexibility index (Phi) is 5.08. The van der Waals surface area contributed by atoms with Crippen molar-refractivity contribution in [1.29, 1.82) is 0 Å². The molecular weight excluding hydrogens is 286 g/mol. The van der Waals surface area contributed by atoms with Crippen LogP contribution in [0, 0.1) is 5.92 Å². The molecule has 1 atom stereocenters. The molecule has 1 saturated heterocycles. The number of amides is 3. The number of nitrogens with zero attached hydrogens (tertiary/aromatic N) is 1. The fraction of sp³-hybridized carbons (Fsp3) is 0.467. The van der Waals surface area contributed by atoms with Crippen molar-refractivity contribution in [3.05, 3.63) is 18.2 Å². The van der Waals surface area contributed by atoms with Crippen LogP contribution < -0.4 is 20.5 Å². The van der Waals surface area contributed by atoms with Crippen molar-refractivity contribution in [2.24, 2.45) is 11.7 Å². The van der Waals surface area contributed by atoms with E-state index in [0.29, 0.717) is 30.3 Å². The lowest BCUT2D eigenvalue weighted by molar-refractivity contribution is -0.123. The van der Waals surface area contributed by atoms with Gasteiger partial charge in [-0.15, -0.1) is 0 Å². The number of ether oxygens (including phenoxy) is 2. The summed E-state index contributed by atoms with van der Waals surface area (Å²) < 4.78 is 10.4. The molecule has 1 heterocycles. The molecule has 7 nitrogen and oxygen atoms in total. The van der Waals surface area contributed by atoms with Crippen molar-refractivity contribution in [3.8, 4) is 11.5 Å². The van der Waals surface area contributed by atoms with Gasteiger partial charge in [0.2, 0.25) is 5.91 Å². The zero-order valence-electron chi connectivity index (χ0n) is 12.8. The van der Waals surface area contributed by atoms with Gasteiger partial charge in [-0.05, 0) is 25.0 Å². The molecule has 0 saturated carbocycles. The number of nitrogens with one attached hydrogen (secondary N) is 1. The van der Waals surface area contributed by atoms with Crippen LogP contribution in [-0.4, -0.2) is 44.1 Å². The van der Waals surface area contributed by atoms with Crippen molar-refractivity contribution in [1.82, 2.24) is 4.90 Å². The number of primary amides is 1. The van der Waals surface area contributed by atoms with Crippen molar-refractivity contribution in [2.45, 2.75) is 12.8 Å². The number of likely N-dealkylation sites (tertiary alicyclic amines) is 1. The highest BCUT2D eigenvalue weighted by atomic mass is 16.5. The van der Waals surface area contributed by atoms with E-state index in [1.165, 1.54) is 7.11 Å². The second kappa shape index (κ2) is 7.02. The Morgan fingerprint density at radius 3 is 2.64 bits per heavy atom. The van der Waals surface area contributed by atoms with E-state index in [0.717, 1.165) is 12.8 Å². The molecular formula is C15H21N3O4. The van der Waals surface area contributed by atoms with Gasteiger partial charge in [-0.1, -0.05) is 0 Å². The molecule has 0 unspecified atom stereocenters. The van der Waals surface area contributed by atoms with Crippen LogP contribution in [0.15, 0.2) is 18.2 Å². The monoisotopic (exact) mass is 307 g/mol. The van der Waals surface area contributed by atoms with Gasteiger partial charge in [0.25, 0.3) is 0 Å². The second-order valence-corrected chi connectivity index (χ2v) is 5.19. The number of piperidine rings is 1. The lowest BCUT2D eigenvalue weighted by Gasteiger charge is -2.31. The van der Waals surface area contributed by atoms with Gasteiger partial charge in [0.1, 0.15) is 0 Å². The van der Waals surface area contributed by atoms with Gasteiger partial charge in [0, 0.05) is 24.8 Å². The Morgan fingerprint density at radius 1 is 1.27 bits per heavy atom. The van der Waals surface area contributed by atoms with E-state index in [1.807, 2.05) is 0 Å². The first-order valence-corrected chi connectivity index (χ1v) is 7.12. The summed E-state index contributed by atoms with van der Waals surface area (Å²) in [7, 11) is 3.08. The third kappa shape index (κ3) is 3.60. The summed E-state index contributed by atoms with van der Waals surface area (Å²) in [6, 6.07) is 4.89. The molecule has 3 N–H and O–H groups in total. The fourth-order valence-electron chi connectivity index (χ4n) is 2.51. The molecule has 3 amide bonds. The zero-order chi connectivity index (χ0) is 16.1. The first-order valence-electron chi connectivity index (χ1n) is 7.12. The zero-order valence-corrected chi connectivity index (χ0v) is 12.8. The molecule has 22 heavy (non-hydrogen) atoms. The van der Waals surface area contributed by atoms with Gasteiger partial charge in [0.05, 0.1) is 20.1 Å². The van der Waals surface area contributed by atoms with Crippen LogP contribution in [0.5, 0.6) is 11.5 Å². The number of hydrogen-bond acceptors (Lipinski definition) is 4. The highest BCUT2D eigenvalue weighted by molar-refractivity contribution is 5.90. The number of hydrogen-bond donors (Lipinski definition) is 2. The van der Waals surface area contributed by atoms with Crippen LogP contribution in [0.1, 0.15) is 12.8 Å². The van der Waals surface area contributed by atoms with Crippen molar-refractivity contribution >= 4 is 17.6 Å². The molecule has 1 aromatic carbocycles. The molecule has 1 aliphatic heterocycles. The number of carbonyl (C=O) groups is 2. The maximum absolute atomic E-state index is 12.3. The Bertz CT molecular complexity index is 562. The van der Waals surface area contributed by atoms with Gasteiger partial charge in [-0.3, -0.25) is 4.79 Å². The van der Waals surface area contributed by atoms with Gasteiger partial charge in [-0.2, -0.15) is 0 Å². The normalized spacial score (nSPS) is 17.7. The van der Waals surface area contributed by atoms with Crippen molar-refractivity contribution < 1.29 is 19.1 Å². The summed E-state index contributed by atoms with van der Waals surface area (Å²) in [4.78, 5) is 25.2. The van der Waals surface area contributed by atoms with Crippen LogP contribution in [0.3, 0.4) is 0 Å². The summed E-state index contributed by atoms with van der Waals surface area (Å²) in [5, 5.41) is 2.80. The molecule has 0 aromatic heterocycles. The van der Waals surface area contributed by atoms with Gasteiger partial charge < -0.3 is 25.4 Å². The largest absolute Gasteiger partial charge is 0.493 e. The predicted molar refractivity (Wildman–Crippen MR) is 82.1 cm³/mol. The first-order chi connectivity index (χ1) is 10.5. The van der Waals surface area contributed by atoms with E-state index in [-0.39, 0.29) is 17.9 Å². The first kappa shape index (κ1) is 15.9. The van der Waals surface area contributed by atoms with Gasteiger partial charge >= 0.3 is 6.03 Å². The fourth-order valence-corrected chi connectivity index (χ4v) is 2.51. The van der Waals surface area contributed by atoms with E-state index < -0.39 is 0 Å². The Hall–Kier alpha value is -2.44. The van der Waals surface area contributed by atoms with Crippen LogP contribution in [-0.2, 0) is 4.79 Å². The molecule has 7 heteroatoms. The van der Waals surface area contributed by atoms with Crippen LogP contribution >= 0.6 is 0 Å². The number of methoxy groups -OCH3 is 2. The molecule has 0 bridgehead atoms. The Balaban J connectivity index is 2.04. The van der Waals surface area contributed by atoms with E-state index in [1.54, 1.807) is 30.2 Å². The van der Waals surface area contributed by atoms with Gasteiger partial charge in [0.15, 0.2) is 11.5 Å². The summed E-state index contributed by atoms with van der Waals surface area (Å²) >= 11 is 0. The Labute approximate surface area is 129 Å². The maximum atomic E-state index is 12.3. The molecule has 0 aliphatic carbocycles. The Morgan fingerprint density at radius 2 is 2.00 bits per heavy atom. The molecule has 1 fully saturated rings. The average molecular weight is 307 g/mol. The lowest BCUT2D eigenvalue weighted by atomic mass is 9.98. The van der Waals surface area contributed by atoms with E-state index >= 15 is 0 Å². The molecule has 0 spiro atoms. The van der Waals surface area contributed by atoms with Crippen molar-refractivity contribution in [2.75, 3.05) is 32.6 Å². The van der Waals surface area contributed by atoms with E-state index in [4.69, 9.17) is 15.2 Å². The predicted octanol–water partition coefficient (Wildman–Crippen LogP) is 1.43. The molecule has 2 rings (SSSR count). The average Bonchev–Trinajstić information content (AvgIpc) is 2.54. The minimum atomic E-state index is -0.358. The van der Waals surface area contributed by atoms with E-state index in [9.17, 15) is 9.59 Å². The smallest absolute Gasteiger partial charge is 0.321 e. The minimum absolute atomic E-state index is 0.252. The van der Waals surface area contributed by atoms with Crippen molar-refractivity contribution in [3.63, 3.8) is 0 Å². The maximum Gasteiger partial charge on any atom is 0.321 e. The summed E-state index contributed by atoms with van der Waals surface area (Å²) in [6.07, 6.45) is 1.50. The molecule has 1 aromatic rings. The SMILES string of the molecule is COc1ccc(NC(=O)N2CCC[C@H](C(N)=O)C2)cc1OC. The highest BCUT2D eigenvalue weighted by Gasteiger charge is 2.27. The summed E-state index contributed by atoms with van der Waals surface area (Å²) in [5.74, 6) is 0.495. The third-order valence-corrected chi connectivity index (χ3v) is 3.75. The number of benzene rings is 1. The highest BCUT2D eigenvalue weighted by Crippen LogP contribution is 2.30. The third-order valence-electron chi connectivity index (χ3n) is 3.75. The summed E-state index contributed by atoms with van der Waals surface area (Å²) in [6.45, 7) is 0.970. The standard InChI is InChI=1S/C15H21N3O4/c1-21-12-6-5-11(8-13(12)22-2)17-15(20)18-7-3-4-10(9-18)14(16)19/h5-6,8,10H,3-4,7,9H2,1-2H3,(H2,16,19)(H,17,20)/t10-/m0/s1. The number of nitrogens with two attached hydrogens (primary N) is 1. The lowest BCUT2D eigenvalue weighted by Crippen LogP contribution is -2.45. The van der Waals surface area contributed by atoms with E-state index in [2.05, 4.69) is 5.32 Å². The number of rotatable bonds is 4.